The maximum atomic E-state index is 10.9. The zero-order valence-electron chi connectivity index (χ0n) is 10.7. The summed E-state index contributed by atoms with van der Waals surface area (Å²) in [5.74, 6) is 1.11. The van der Waals surface area contributed by atoms with Crippen LogP contribution in [0.1, 0.15) is 36.3 Å². The van der Waals surface area contributed by atoms with Crippen LogP contribution in [-0.4, -0.2) is 6.29 Å². The second kappa shape index (κ2) is 5.31. The Bertz CT molecular complexity index is 543. The van der Waals surface area contributed by atoms with Crippen LogP contribution in [0, 0.1) is 0 Å². The Labute approximate surface area is 112 Å². The van der Waals surface area contributed by atoms with Crippen LogP contribution in [0.15, 0.2) is 42.2 Å². The highest BCUT2D eigenvalue weighted by Gasteiger charge is 2.17. The molecule has 0 spiro atoms. The van der Waals surface area contributed by atoms with Gasteiger partial charge in [0.15, 0.2) is 5.75 Å². The van der Waals surface area contributed by atoms with Crippen molar-refractivity contribution in [3.8, 4) is 5.75 Å². The predicted molar refractivity (Wildman–Crippen MR) is 71.7 cm³/mol. The topological polar surface area (TPSA) is 35.5 Å². The van der Waals surface area contributed by atoms with E-state index in [1.54, 1.807) is 6.26 Å². The molecule has 0 saturated carbocycles. The first-order valence-corrected chi connectivity index (χ1v) is 6.64. The van der Waals surface area contributed by atoms with Crippen LogP contribution < -0.4 is 4.89 Å². The van der Waals surface area contributed by atoms with Crippen molar-refractivity contribution in [1.29, 1.82) is 0 Å². The van der Waals surface area contributed by atoms with Crippen LogP contribution in [0.3, 0.4) is 0 Å². The van der Waals surface area contributed by atoms with E-state index in [0.717, 1.165) is 48.9 Å². The van der Waals surface area contributed by atoms with E-state index in [-0.39, 0.29) is 0 Å². The highest BCUT2D eigenvalue weighted by molar-refractivity contribution is 5.73. The van der Waals surface area contributed by atoms with Crippen LogP contribution in [0.25, 0.3) is 0 Å². The van der Waals surface area contributed by atoms with Crippen LogP contribution in [0.2, 0.25) is 0 Å². The first-order chi connectivity index (χ1) is 9.36. The van der Waals surface area contributed by atoms with Crippen molar-refractivity contribution in [2.24, 2.45) is 0 Å². The summed E-state index contributed by atoms with van der Waals surface area (Å²) in [4.78, 5) is 21.0. The molecule has 3 rings (SSSR count). The number of carbonyl (C=O) groups excluding carboxylic acids is 1. The minimum absolute atomic E-state index is 0.340. The average molecular weight is 256 g/mol. The van der Waals surface area contributed by atoms with Gasteiger partial charge in [0.2, 0.25) is 0 Å². The van der Waals surface area contributed by atoms with Gasteiger partial charge in [-0.05, 0) is 49.0 Å². The van der Waals surface area contributed by atoms with Crippen molar-refractivity contribution in [3.05, 3.63) is 53.3 Å². The minimum Gasteiger partial charge on any atom is -0.298 e. The third-order valence-electron chi connectivity index (χ3n) is 3.69. The number of allylic oxidation sites excluding steroid dienone is 3. The number of benzene rings is 1. The summed E-state index contributed by atoms with van der Waals surface area (Å²) in [6, 6.07) is 6.16. The number of fused-ring (bicyclic) bond motifs is 1. The van der Waals surface area contributed by atoms with Gasteiger partial charge in [0.25, 0.3) is 0 Å². The van der Waals surface area contributed by atoms with Gasteiger partial charge in [-0.1, -0.05) is 18.2 Å². The Kier molecular flexibility index (Phi) is 3.36. The monoisotopic (exact) mass is 256 g/mol. The Balaban J connectivity index is 1.91. The number of aldehydes is 1. The molecular weight excluding hydrogens is 240 g/mol. The third-order valence-corrected chi connectivity index (χ3v) is 3.69. The molecule has 0 N–H and O–H groups in total. The van der Waals surface area contributed by atoms with Gasteiger partial charge in [0, 0.05) is 11.5 Å². The maximum absolute atomic E-state index is 10.9. The zero-order chi connectivity index (χ0) is 13.1. The molecule has 19 heavy (non-hydrogen) atoms. The van der Waals surface area contributed by atoms with Crippen LogP contribution >= 0.6 is 0 Å². The summed E-state index contributed by atoms with van der Waals surface area (Å²) in [6.07, 6.45) is 10.5. The third kappa shape index (κ3) is 2.55. The molecule has 3 nitrogen and oxygen atoms in total. The van der Waals surface area contributed by atoms with Gasteiger partial charge in [-0.3, -0.25) is 14.6 Å². The lowest BCUT2D eigenvalue weighted by Gasteiger charge is -2.20. The number of hydrogen-bond acceptors (Lipinski definition) is 3. The average Bonchev–Trinajstić information content (AvgIpc) is 2.71. The summed E-state index contributed by atoms with van der Waals surface area (Å²) in [5, 5.41) is 0. The van der Waals surface area contributed by atoms with E-state index in [1.807, 2.05) is 12.1 Å². The van der Waals surface area contributed by atoms with Crippen LogP contribution in [0.5, 0.6) is 5.75 Å². The molecule has 1 aliphatic carbocycles. The highest BCUT2D eigenvalue weighted by atomic mass is 17.2. The molecule has 0 bridgehead atoms. The van der Waals surface area contributed by atoms with Gasteiger partial charge in [0.1, 0.15) is 12.5 Å². The molecule has 3 heteroatoms. The Morgan fingerprint density at radius 2 is 2.26 bits per heavy atom. The van der Waals surface area contributed by atoms with E-state index >= 15 is 0 Å². The molecule has 0 saturated heterocycles. The van der Waals surface area contributed by atoms with E-state index in [1.165, 1.54) is 5.56 Å². The minimum atomic E-state index is 0.340. The quantitative estimate of drug-likeness (QED) is 0.600. The molecule has 1 atom stereocenters. The number of rotatable bonds is 2. The first-order valence-electron chi connectivity index (χ1n) is 6.64. The highest BCUT2D eigenvalue weighted by Crippen LogP contribution is 2.33. The lowest BCUT2D eigenvalue weighted by Crippen LogP contribution is -2.05. The van der Waals surface area contributed by atoms with Crippen molar-refractivity contribution in [2.45, 2.75) is 31.6 Å². The molecule has 1 aliphatic heterocycles. The normalized spacial score (nSPS) is 21.5. The van der Waals surface area contributed by atoms with E-state index < -0.39 is 0 Å². The predicted octanol–water partition coefficient (Wildman–Crippen LogP) is 3.46. The fourth-order valence-corrected chi connectivity index (χ4v) is 2.68. The SMILES string of the molecule is O=CC1=CC(c2ccc3c(c2)CC=COO3)CCC1. The second-order valence-corrected chi connectivity index (χ2v) is 4.98. The molecule has 1 aromatic carbocycles. The molecule has 0 amide bonds. The molecule has 0 radical (unpaired) electrons. The molecule has 2 aliphatic rings. The summed E-state index contributed by atoms with van der Waals surface area (Å²) in [5.41, 5.74) is 3.29. The summed E-state index contributed by atoms with van der Waals surface area (Å²) in [7, 11) is 0. The lowest BCUT2D eigenvalue weighted by atomic mass is 9.85. The van der Waals surface area contributed by atoms with Crippen molar-refractivity contribution in [1.82, 2.24) is 0 Å². The van der Waals surface area contributed by atoms with Gasteiger partial charge in [-0.2, -0.15) is 0 Å². The first kappa shape index (κ1) is 12.0. The summed E-state index contributed by atoms with van der Waals surface area (Å²) >= 11 is 0. The standard InChI is InChI=1S/C16H16O3/c17-11-12-3-1-4-13(9-12)14-6-7-16-15(10-14)5-2-8-18-19-16/h2,6-11,13H,1,3-5H2. The Morgan fingerprint density at radius 3 is 3.16 bits per heavy atom. The molecular formula is C16H16O3. The van der Waals surface area contributed by atoms with E-state index in [4.69, 9.17) is 9.78 Å². The zero-order valence-corrected chi connectivity index (χ0v) is 10.7. The van der Waals surface area contributed by atoms with Gasteiger partial charge in [-0.15, -0.1) is 0 Å². The fourth-order valence-electron chi connectivity index (χ4n) is 2.68. The van der Waals surface area contributed by atoms with Crippen LogP contribution in [0.4, 0.5) is 0 Å². The number of hydrogen-bond donors (Lipinski definition) is 0. The molecule has 0 fully saturated rings. The molecule has 0 aromatic heterocycles. The largest absolute Gasteiger partial charge is 0.298 e. The molecule has 1 aromatic rings. The van der Waals surface area contributed by atoms with E-state index in [2.05, 4.69) is 18.2 Å². The van der Waals surface area contributed by atoms with Gasteiger partial charge in [-0.25, -0.2) is 0 Å². The molecule has 98 valence electrons. The summed E-state index contributed by atoms with van der Waals surface area (Å²) in [6.45, 7) is 0. The van der Waals surface area contributed by atoms with Gasteiger partial charge in [0.05, 0.1) is 0 Å². The van der Waals surface area contributed by atoms with Crippen molar-refractivity contribution < 1.29 is 14.6 Å². The maximum Gasteiger partial charge on any atom is 0.182 e. The lowest BCUT2D eigenvalue weighted by molar-refractivity contribution is -0.148. The number of carbonyl (C=O) groups is 1. The fraction of sp³-hybridized carbons (Fsp3) is 0.312. The van der Waals surface area contributed by atoms with Gasteiger partial charge < -0.3 is 0 Å². The van der Waals surface area contributed by atoms with Crippen molar-refractivity contribution in [3.63, 3.8) is 0 Å². The molecule has 1 unspecified atom stereocenters. The van der Waals surface area contributed by atoms with E-state index in [0.29, 0.717) is 5.92 Å². The van der Waals surface area contributed by atoms with Crippen molar-refractivity contribution >= 4 is 6.29 Å². The Hall–Kier alpha value is -2.03. The van der Waals surface area contributed by atoms with Gasteiger partial charge >= 0.3 is 0 Å². The van der Waals surface area contributed by atoms with Crippen LogP contribution in [-0.2, 0) is 16.1 Å². The second-order valence-electron chi connectivity index (χ2n) is 4.98. The smallest absolute Gasteiger partial charge is 0.182 e. The Morgan fingerprint density at radius 1 is 1.32 bits per heavy atom. The van der Waals surface area contributed by atoms with E-state index in [9.17, 15) is 4.79 Å². The van der Waals surface area contributed by atoms with Crippen molar-refractivity contribution in [2.75, 3.05) is 0 Å². The summed E-state index contributed by atoms with van der Waals surface area (Å²) < 4.78 is 0. The molecule has 1 heterocycles.